The maximum atomic E-state index is 12.7. The first kappa shape index (κ1) is 20.5. The van der Waals surface area contributed by atoms with E-state index in [1.165, 1.54) is 12.1 Å². The van der Waals surface area contributed by atoms with Crippen molar-refractivity contribution in [3.8, 4) is 0 Å². The lowest BCUT2D eigenvalue weighted by atomic mass is 10.2. The minimum Gasteiger partial charge on any atom is -0.324 e. The number of sulfonamides is 1. The lowest BCUT2D eigenvalue weighted by molar-refractivity contribution is -0.138. The summed E-state index contributed by atoms with van der Waals surface area (Å²) in [5.74, 6) is -0.745. The second-order valence-corrected chi connectivity index (χ2v) is 7.58. The molecule has 0 atom stereocenters. The molecule has 1 aromatic carbocycles. The SMILES string of the molecule is Cc1ccc(NC(=O)Cn2cc(C(F)(F)F)ccc2=O)cc1NS(C)(=O)=O. The summed E-state index contributed by atoms with van der Waals surface area (Å²) in [5.41, 5.74) is -0.748. The van der Waals surface area contributed by atoms with Crippen LogP contribution in [0.5, 0.6) is 0 Å². The summed E-state index contributed by atoms with van der Waals surface area (Å²) < 4.78 is 63.8. The van der Waals surface area contributed by atoms with E-state index in [9.17, 15) is 31.2 Å². The fourth-order valence-electron chi connectivity index (χ4n) is 2.19. The number of nitrogens with one attached hydrogen (secondary N) is 2. The van der Waals surface area contributed by atoms with Gasteiger partial charge in [-0.15, -0.1) is 0 Å². The molecule has 0 saturated carbocycles. The molecule has 0 aliphatic heterocycles. The predicted octanol–water partition coefficient (Wildman–Crippen LogP) is 2.19. The number of alkyl halides is 3. The summed E-state index contributed by atoms with van der Waals surface area (Å²) in [6.07, 6.45) is -3.11. The summed E-state index contributed by atoms with van der Waals surface area (Å²) in [5, 5.41) is 2.41. The Labute approximate surface area is 152 Å². The molecule has 0 aliphatic carbocycles. The Hall–Kier alpha value is -2.82. The first-order chi connectivity index (χ1) is 12.3. The van der Waals surface area contributed by atoms with Gasteiger partial charge in [0.15, 0.2) is 0 Å². The standard InChI is InChI=1S/C16H16F3N3O4S/c1-10-3-5-12(7-13(10)21-27(2,25)26)20-14(23)9-22-8-11(16(17,18)19)4-6-15(22)24/h3-8,21H,9H2,1-2H3,(H,20,23). The number of nitrogens with zero attached hydrogens (tertiary/aromatic N) is 1. The van der Waals surface area contributed by atoms with Crippen LogP contribution in [0.2, 0.25) is 0 Å². The number of benzene rings is 1. The van der Waals surface area contributed by atoms with Gasteiger partial charge in [0.05, 0.1) is 17.5 Å². The number of hydrogen-bond acceptors (Lipinski definition) is 4. The van der Waals surface area contributed by atoms with E-state index >= 15 is 0 Å². The fraction of sp³-hybridized carbons (Fsp3) is 0.250. The molecule has 1 aromatic heterocycles. The third-order valence-corrected chi connectivity index (χ3v) is 4.03. The third kappa shape index (κ3) is 5.84. The van der Waals surface area contributed by atoms with Crippen LogP contribution in [0.1, 0.15) is 11.1 Å². The Kier molecular flexibility index (Phi) is 5.64. The third-order valence-electron chi connectivity index (χ3n) is 3.44. The normalized spacial score (nSPS) is 11.9. The molecule has 2 rings (SSSR count). The highest BCUT2D eigenvalue weighted by Crippen LogP contribution is 2.28. The van der Waals surface area contributed by atoms with E-state index in [0.717, 1.165) is 12.3 Å². The highest BCUT2D eigenvalue weighted by molar-refractivity contribution is 7.92. The van der Waals surface area contributed by atoms with Crippen molar-refractivity contribution in [1.29, 1.82) is 0 Å². The number of carbonyl (C=O) groups is 1. The second-order valence-electron chi connectivity index (χ2n) is 5.83. The zero-order chi connectivity index (χ0) is 20.4. The average molecular weight is 403 g/mol. The number of hydrogen-bond donors (Lipinski definition) is 2. The number of aromatic nitrogens is 1. The maximum Gasteiger partial charge on any atom is 0.417 e. The van der Waals surface area contributed by atoms with Crippen molar-refractivity contribution in [2.75, 3.05) is 16.3 Å². The number of aryl methyl sites for hydroxylation is 1. The maximum absolute atomic E-state index is 12.7. The van der Waals surface area contributed by atoms with Crippen LogP contribution < -0.4 is 15.6 Å². The highest BCUT2D eigenvalue weighted by atomic mass is 32.2. The van der Waals surface area contributed by atoms with Crippen LogP contribution in [-0.2, 0) is 27.5 Å². The number of rotatable bonds is 5. The van der Waals surface area contributed by atoms with Gasteiger partial charge in [0, 0.05) is 18.0 Å². The van der Waals surface area contributed by atoms with Crippen molar-refractivity contribution in [1.82, 2.24) is 4.57 Å². The number of amides is 1. The van der Waals surface area contributed by atoms with Gasteiger partial charge in [-0.1, -0.05) is 6.07 Å². The summed E-state index contributed by atoms with van der Waals surface area (Å²) in [7, 11) is -3.53. The Morgan fingerprint density at radius 1 is 1.19 bits per heavy atom. The Balaban J connectivity index is 2.19. The molecule has 1 amide bonds. The number of halogens is 3. The van der Waals surface area contributed by atoms with Gasteiger partial charge in [-0.05, 0) is 30.7 Å². The Morgan fingerprint density at radius 2 is 1.85 bits per heavy atom. The molecule has 1 heterocycles. The molecule has 0 saturated heterocycles. The zero-order valence-corrected chi connectivity index (χ0v) is 15.1. The van der Waals surface area contributed by atoms with E-state index in [2.05, 4.69) is 10.0 Å². The molecule has 7 nitrogen and oxygen atoms in total. The van der Waals surface area contributed by atoms with Gasteiger partial charge in [0.2, 0.25) is 15.9 Å². The minimum absolute atomic E-state index is 0.219. The molecule has 0 spiro atoms. The van der Waals surface area contributed by atoms with E-state index in [0.29, 0.717) is 22.4 Å². The van der Waals surface area contributed by atoms with E-state index in [4.69, 9.17) is 0 Å². The molecular weight excluding hydrogens is 387 g/mol. The monoisotopic (exact) mass is 403 g/mol. The van der Waals surface area contributed by atoms with Crippen LogP contribution in [0.15, 0.2) is 41.3 Å². The van der Waals surface area contributed by atoms with Gasteiger partial charge in [0.1, 0.15) is 6.54 Å². The largest absolute Gasteiger partial charge is 0.417 e. The van der Waals surface area contributed by atoms with Crippen LogP contribution in [-0.4, -0.2) is 25.1 Å². The van der Waals surface area contributed by atoms with Crippen molar-refractivity contribution < 1.29 is 26.4 Å². The first-order valence-electron chi connectivity index (χ1n) is 7.51. The summed E-state index contributed by atoms with van der Waals surface area (Å²) >= 11 is 0. The number of pyridine rings is 1. The first-order valence-corrected chi connectivity index (χ1v) is 9.40. The van der Waals surface area contributed by atoms with E-state index in [-0.39, 0.29) is 11.4 Å². The summed E-state index contributed by atoms with van der Waals surface area (Å²) in [6, 6.07) is 5.79. The van der Waals surface area contributed by atoms with Gasteiger partial charge in [-0.3, -0.25) is 14.3 Å². The molecule has 11 heteroatoms. The van der Waals surface area contributed by atoms with Gasteiger partial charge < -0.3 is 9.88 Å². The predicted molar refractivity (Wildman–Crippen MR) is 94.0 cm³/mol. The highest BCUT2D eigenvalue weighted by Gasteiger charge is 2.31. The van der Waals surface area contributed by atoms with Crippen molar-refractivity contribution in [3.05, 3.63) is 58.0 Å². The van der Waals surface area contributed by atoms with E-state index in [1.807, 2.05) is 0 Å². The quantitative estimate of drug-likeness (QED) is 0.800. The second kappa shape index (κ2) is 7.43. The van der Waals surface area contributed by atoms with Crippen molar-refractivity contribution in [2.45, 2.75) is 19.6 Å². The minimum atomic E-state index is -4.64. The van der Waals surface area contributed by atoms with Crippen LogP contribution in [0, 0.1) is 6.92 Å². The van der Waals surface area contributed by atoms with Crippen LogP contribution in [0.3, 0.4) is 0 Å². The van der Waals surface area contributed by atoms with Crippen LogP contribution in [0.4, 0.5) is 24.5 Å². The molecule has 0 fully saturated rings. The van der Waals surface area contributed by atoms with Gasteiger partial charge in [0.25, 0.3) is 5.56 Å². The Morgan fingerprint density at radius 3 is 2.44 bits per heavy atom. The smallest absolute Gasteiger partial charge is 0.324 e. The summed E-state index contributed by atoms with van der Waals surface area (Å²) in [6.45, 7) is 1.02. The lowest BCUT2D eigenvalue weighted by Crippen LogP contribution is -2.28. The zero-order valence-electron chi connectivity index (χ0n) is 14.3. The number of anilines is 2. The Bertz CT molecular complexity index is 1030. The molecule has 0 unspecified atom stereocenters. The molecule has 146 valence electrons. The molecule has 0 bridgehead atoms. The molecule has 0 radical (unpaired) electrons. The molecular formula is C16H16F3N3O4S. The molecule has 0 aliphatic rings. The molecule has 27 heavy (non-hydrogen) atoms. The van der Waals surface area contributed by atoms with Gasteiger partial charge in [-0.25, -0.2) is 8.42 Å². The summed E-state index contributed by atoms with van der Waals surface area (Å²) in [4.78, 5) is 23.8. The van der Waals surface area contributed by atoms with Crippen LogP contribution in [0.25, 0.3) is 0 Å². The van der Waals surface area contributed by atoms with E-state index < -0.39 is 39.8 Å². The topological polar surface area (TPSA) is 97.3 Å². The van der Waals surface area contributed by atoms with Crippen LogP contribution >= 0.6 is 0 Å². The van der Waals surface area contributed by atoms with Crippen molar-refractivity contribution >= 4 is 27.3 Å². The lowest BCUT2D eigenvalue weighted by Gasteiger charge is -2.13. The van der Waals surface area contributed by atoms with Crippen molar-refractivity contribution in [2.24, 2.45) is 0 Å². The number of carbonyl (C=O) groups excluding carboxylic acids is 1. The molecule has 2 N–H and O–H groups in total. The van der Waals surface area contributed by atoms with E-state index in [1.54, 1.807) is 13.0 Å². The van der Waals surface area contributed by atoms with Crippen molar-refractivity contribution in [3.63, 3.8) is 0 Å². The van der Waals surface area contributed by atoms with Gasteiger partial charge in [-0.2, -0.15) is 13.2 Å². The van der Waals surface area contributed by atoms with Gasteiger partial charge >= 0.3 is 6.18 Å². The average Bonchev–Trinajstić information content (AvgIpc) is 2.50. The molecule has 2 aromatic rings. The fourth-order valence-corrected chi connectivity index (χ4v) is 2.81.